The monoisotopic (exact) mass is 568 g/mol. The van der Waals surface area contributed by atoms with Gasteiger partial charge in [-0.3, -0.25) is 9.59 Å². The van der Waals surface area contributed by atoms with Crippen molar-refractivity contribution >= 4 is 35.0 Å². The van der Waals surface area contributed by atoms with Crippen molar-refractivity contribution in [2.45, 2.75) is 58.2 Å². The van der Waals surface area contributed by atoms with Crippen molar-refractivity contribution in [2.75, 3.05) is 13.2 Å². The molecule has 1 aliphatic heterocycles. The van der Waals surface area contributed by atoms with Crippen molar-refractivity contribution in [3.05, 3.63) is 93.5 Å². The number of benzene rings is 3. The third-order valence-corrected chi connectivity index (χ3v) is 7.60. The summed E-state index contributed by atoms with van der Waals surface area (Å²) in [6.07, 6.45) is 1.82. The lowest BCUT2D eigenvalue weighted by Crippen LogP contribution is -2.52. The van der Waals surface area contributed by atoms with E-state index in [0.29, 0.717) is 53.2 Å². The van der Waals surface area contributed by atoms with Gasteiger partial charge in [-0.25, -0.2) is 0 Å². The highest BCUT2D eigenvalue weighted by molar-refractivity contribution is 6.36. The molecule has 0 radical (unpaired) electrons. The summed E-state index contributed by atoms with van der Waals surface area (Å²) in [6, 6.07) is 19.9. The average Bonchev–Trinajstić information content (AvgIpc) is 2.95. The van der Waals surface area contributed by atoms with Gasteiger partial charge in [0.25, 0.3) is 0 Å². The molecule has 8 heteroatoms. The van der Waals surface area contributed by atoms with Crippen LogP contribution in [0, 0.1) is 0 Å². The minimum Gasteiger partial charge on any atom is -0.486 e. The Labute approximate surface area is 240 Å². The predicted octanol–water partition coefficient (Wildman–Crippen LogP) is 6.25. The van der Waals surface area contributed by atoms with Crippen molar-refractivity contribution in [3.8, 4) is 11.5 Å². The van der Waals surface area contributed by atoms with Crippen molar-refractivity contribution in [2.24, 2.45) is 0 Å². The van der Waals surface area contributed by atoms with Gasteiger partial charge in [-0.2, -0.15) is 0 Å². The van der Waals surface area contributed by atoms with Crippen LogP contribution in [0.1, 0.15) is 43.4 Å². The molecule has 0 aromatic heterocycles. The van der Waals surface area contributed by atoms with Crippen molar-refractivity contribution in [1.29, 1.82) is 0 Å². The Morgan fingerprint density at radius 1 is 0.923 bits per heavy atom. The number of hydrogen-bond donors (Lipinski definition) is 1. The molecule has 0 fully saturated rings. The molecule has 3 aromatic rings. The molecule has 1 heterocycles. The van der Waals surface area contributed by atoms with Crippen molar-refractivity contribution in [1.82, 2.24) is 10.2 Å². The van der Waals surface area contributed by atoms with Gasteiger partial charge in [0.1, 0.15) is 19.3 Å². The molecule has 1 N–H and O–H groups in total. The van der Waals surface area contributed by atoms with Crippen LogP contribution in [0.15, 0.2) is 66.7 Å². The van der Waals surface area contributed by atoms with Crippen LogP contribution in [0.5, 0.6) is 11.5 Å². The lowest BCUT2D eigenvalue weighted by molar-refractivity contribution is -0.141. The fraction of sp³-hybridized carbons (Fsp3) is 0.355. The Hall–Kier alpha value is -3.22. The second-order valence-corrected chi connectivity index (χ2v) is 10.5. The van der Waals surface area contributed by atoms with Crippen LogP contribution in [0.3, 0.4) is 0 Å². The first-order valence-corrected chi connectivity index (χ1v) is 14.1. The zero-order chi connectivity index (χ0) is 27.8. The second kappa shape index (κ2) is 13.7. The first-order valence-electron chi connectivity index (χ1n) is 13.3. The van der Waals surface area contributed by atoms with Gasteiger partial charge in [0.05, 0.1) is 0 Å². The van der Waals surface area contributed by atoms with E-state index in [1.165, 1.54) is 0 Å². The molecule has 2 amide bonds. The highest BCUT2D eigenvalue weighted by atomic mass is 35.5. The number of nitrogens with zero attached hydrogens (tertiary/aromatic N) is 1. The summed E-state index contributed by atoms with van der Waals surface area (Å²) in [4.78, 5) is 29.2. The van der Waals surface area contributed by atoms with E-state index < -0.39 is 6.04 Å². The molecule has 4 rings (SSSR count). The van der Waals surface area contributed by atoms with Gasteiger partial charge in [-0.15, -0.1) is 0 Å². The Morgan fingerprint density at radius 3 is 2.31 bits per heavy atom. The molecule has 0 saturated carbocycles. The molecule has 0 aliphatic carbocycles. The van der Waals surface area contributed by atoms with Crippen molar-refractivity contribution < 1.29 is 19.1 Å². The smallest absolute Gasteiger partial charge is 0.243 e. The lowest BCUT2D eigenvalue weighted by atomic mass is 10.0. The van der Waals surface area contributed by atoms with Gasteiger partial charge >= 0.3 is 0 Å². The first-order chi connectivity index (χ1) is 18.9. The molecule has 0 saturated heterocycles. The molecule has 206 valence electrons. The summed E-state index contributed by atoms with van der Waals surface area (Å²) in [5.41, 5.74) is 2.52. The van der Waals surface area contributed by atoms with Gasteiger partial charge in [-0.05, 0) is 55.2 Å². The van der Waals surface area contributed by atoms with Gasteiger partial charge in [0, 0.05) is 41.0 Å². The van der Waals surface area contributed by atoms with Crippen LogP contribution >= 0.6 is 23.2 Å². The summed E-state index contributed by atoms with van der Waals surface area (Å²) in [5, 5.41) is 3.98. The topological polar surface area (TPSA) is 67.9 Å². The number of carbonyl (C=O) groups excluding carboxylic acids is 2. The van der Waals surface area contributed by atoms with Gasteiger partial charge in [-0.1, -0.05) is 72.6 Å². The minimum absolute atomic E-state index is 0.0330. The predicted molar refractivity (Wildman–Crippen MR) is 155 cm³/mol. The molecule has 0 unspecified atom stereocenters. The summed E-state index contributed by atoms with van der Waals surface area (Å²) in [6.45, 7) is 5.09. The normalized spacial score (nSPS) is 13.8. The Balaban J connectivity index is 1.63. The fourth-order valence-electron chi connectivity index (χ4n) is 4.49. The highest BCUT2D eigenvalue weighted by Gasteiger charge is 2.31. The van der Waals surface area contributed by atoms with Gasteiger partial charge in [0.2, 0.25) is 11.8 Å². The van der Waals surface area contributed by atoms with E-state index in [1.807, 2.05) is 62.4 Å². The Bertz CT molecular complexity index is 1260. The fourth-order valence-corrected chi connectivity index (χ4v) is 5.00. The van der Waals surface area contributed by atoms with Crippen LogP contribution in [0.2, 0.25) is 10.0 Å². The number of carbonyl (C=O) groups is 2. The zero-order valence-corrected chi connectivity index (χ0v) is 23.8. The van der Waals surface area contributed by atoms with Crippen LogP contribution in [0.25, 0.3) is 0 Å². The molecular weight excluding hydrogens is 535 g/mol. The SMILES string of the molecule is CC[C@H](C)NC(=O)[C@@H](Cc1ccccc1)N(Cc1c(Cl)cccc1Cl)C(=O)CCc1ccc2c(c1)OCCO2. The third kappa shape index (κ3) is 7.68. The number of fused-ring (bicyclic) bond motifs is 1. The number of nitrogens with one attached hydrogen (secondary N) is 1. The van der Waals surface area contributed by atoms with E-state index in [4.69, 9.17) is 32.7 Å². The van der Waals surface area contributed by atoms with Gasteiger partial charge in [0.15, 0.2) is 11.5 Å². The number of rotatable bonds is 11. The third-order valence-electron chi connectivity index (χ3n) is 6.90. The van der Waals surface area contributed by atoms with Crippen LogP contribution in [0.4, 0.5) is 0 Å². The maximum atomic E-state index is 13.9. The number of hydrogen-bond acceptors (Lipinski definition) is 4. The van der Waals surface area contributed by atoms with Crippen LogP contribution in [-0.2, 0) is 29.0 Å². The molecule has 3 aromatic carbocycles. The van der Waals surface area contributed by atoms with Crippen LogP contribution in [-0.4, -0.2) is 42.0 Å². The lowest BCUT2D eigenvalue weighted by Gasteiger charge is -2.33. The summed E-state index contributed by atoms with van der Waals surface area (Å²) < 4.78 is 11.3. The summed E-state index contributed by atoms with van der Waals surface area (Å²) in [5.74, 6) is 1.02. The minimum atomic E-state index is -0.749. The molecule has 0 spiro atoms. The Morgan fingerprint density at radius 2 is 1.62 bits per heavy atom. The van der Waals surface area contributed by atoms with E-state index in [0.717, 1.165) is 17.5 Å². The second-order valence-electron chi connectivity index (χ2n) is 9.72. The first kappa shape index (κ1) is 28.8. The van der Waals surface area contributed by atoms with Crippen LogP contribution < -0.4 is 14.8 Å². The summed E-state index contributed by atoms with van der Waals surface area (Å²) in [7, 11) is 0. The van der Waals surface area contributed by atoms with E-state index in [-0.39, 0.29) is 30.8 Å². The maximum Gasteiger partial charge on any atom is 0.243 e. The van der Waals surface area contributed by atoms with E-state index in [9.17, 15) is 9.59 Å². The van der Waals surface area contributed by atoms with E-state index in [2.05, 4.69) is 5.32 Å². The van der Waals surface area contributed by atoms with Crippen molar-refractivity contribution in [3.63, 3.8) is 0 Å². The number of amides is 2. The van der Waals surface area contributed by atoms with Gasteiger partial charge < -0.3 is 19.7 Å². The maximum absolute atomic E-state index is 13.9. The number of ether oxygens (including phenoxy) is 2. The standard InChI is InChI=1S/C31H34Cl2N2O4/c1-3-21(2)34-31(37)27(18-22-8-5-4-6-9-22)35(20-24-25(32)10-7-11-26(24)33)30(36)15-13-23-12-14-28-29(19-23)39-17-16-38-28/h4-12,14,19,21,27H,3,13,15-18,20H2,1-2H3,(H,34,37)/t21-,27+/m0/s1. The number of halogens is 2. The molecule has 2 atom stereocenters. The highest BCUT2D eigenvalue weighted by Crippen LogP contribution is 2.32. The molecular formula is C31H34Cl2N2O4. The Kier molecular flexibility index (Phi) is 10.1. The largest absolute Gasteiger partial charge is 0.486 e. The molecule has 39 heavy (non-hydrogen) atoms. The average molecular weight is 570 g/mol. The van der Waals surface area contributed by atoms with E-state index >= 15 is 0 Å². The zero-order valence-electron chi connectivity index (χ0n) is 22.3. The molecule has 6 nitrogen and oxygen atoms in total. The van der Waals surface area contributed by atoms with E-state index in [1.54, 1.807) is 23.1 Å². The quantitative estimate of drug-likeness (QED) is 0.297. The number of aryl methyl sites for hydroxylation is 1. The molecule has 0 bridgehead atoms. The summed E-state index contributed by atoms with van der Waals surface area (Å²) >= 11 is 13.0. The molecule has 1 aliphatic rings.